The molecule has 0 saturated heterocycles. The molecule has 0 aliphatic carbocycles. The van der Waals surface area contributed by atoms with Crippen LogP contribution >= 0.6 is 25.3 Å². The van der Waals surface area contributed by atoms with Crippen molar-refractivity contribution >= 4 is 65.7 Å². The third-order valence-corrected chi connectivity index (χ3v) is 10.3. The molecule has 0 aliphatic heterocycles. The zero-order valence-electron chi connectivity index (χ0n) is 19.1. The van der Waals surface area contributed by atoms with Gasteiger partial charge in [-0.1, -0.05) is 27.7 Å². The highest BCUT2D eigenvalue weighted by Gasteiger charge is 2.45. The molecule has 0 aromatic rings. The molecule has 0 bridgehead atoms. The van der Waals surface area contributed by atoms with Gasteiger partial charge in [0, 0.05) is 0 Å². The molecule has 0 aromatic carbocycles. The van der Waals surface area contributed by atoms with Crippen molar-refractivity contribution in [2.45, 2.75) is 60.2 Å². The number of hydrogen-bond acceptors (Lipinski definition) is 12. The lowest BCUT2D eigenvalue weighted by Gasteiger charge is -2.25. The summed E-state index contributed by atoms with van der Waals surface area (Å²) in [6, 6.07) is 0. The van der Waals surface area contributed by atoms with E-state index in [0.29, 0.717) is 0 Å². The molecule has 0 saturated carbocycles. The second kappa shape index (κ2) is 17.7. The lowest BCUT2D eigenvalue weighted by molar-refractivity contribution is 0.423. The number of nitrogens with one attached hydrogen (secondary N) is 2. The van der Waals surface area contributed by atoms with Crippen LogP contribution in [0, 0.1) is 0 Å². The average molecular weight is 617 g/mol. The Morgan fingerprint density at radius 2 is 0.735 bits per heavy atom. The molecule has 0 aromatic heterocycles. The van der Waals surface area contributed by atoms with Gasteiger partial charge in [0.15, 0.2) is 0 Å². The van der Waals surface area contributed by atoms with E-state index in [4.69, 9.17) is 18.2 Å². The Morgan fingerprint density at radius 3 is 0.824 bits per heavy atom. The van der Waals surface area contributed by atoms with E-state index in [2.05, 4.69) is 63.6 Å². The summed E-state index contributed by atoms with van der Waals surface area (Å²) in [4.78, 5) is 0. The summed E-state index contributed by atoms with van der Waals surface area (Å²) in [5, 5.41) is 1.04. The summed E-state index contributed by atoms with van der Waals surface area (Å²) in [5.74, 6) is 0. The molecule has 4 atom stereocenters. The predicted octanol–water partition coefficient (Wildman–Crippen LogP) is -0.202. The molecule has 0 rings (SSSR count). The number of thiol groups is 2. The van der Waals surface area contributed by atoms with Gasteiger partial charge in [-0.2, -0.15) is 58.9 Å². The van der Waals surface area contributed by atoms with Gasteiger partial charge in [0.2, 0.25) is 0 Å². The van der Waals surface area contributed by atoms with Crippen LogP contribution in [-0.2, 0) is 40.5 Å². The van der Waals surface area contributed by atoms with E-state index in [-0.39, 0.29) is 0 Å². The summed E-state index contributed by atoms with van der Waals surface area (Å²) in [7, 11) is -20.7. The molecule has 14 nitrogen and oxygen atoms in total. The summed E-state index contributed by atoms with van der Waals surface area (Å²) < 4.78 is 120. The zero-order chi connectivity index (χ0) is 28.0. The third-order valence-electron chi connectivity index (χ3n) is 3.74. The fourth-order valence-electron chi connectivity index (χ4n) is 2.07. The van der Waals surface area contributed by atoms with Crippen molar-refractivity contribution < 1.29 is 51.9 Å². The largest absolute Gasteiger partial charge is 0.317 e. The van der Waals surface area contributed by atoms with Crippen LogP contribution in [0.4, 0.5) is 0 Å². The van der Waals surface area contributed by atoms with Crippen molar-refractivity contribution in [1.82, 2.24) is 10.6 Å². The van der Waals surface area contributed by atoms with Crippen LogP contribution < -0.4 is 10.6 Å². The summed E-state index contributed by atoms with van der Waals surface area (Å²) >= 11 is 6.69. The second-order valence-corrected chi connectivity index (χ2v) is 14.8. The van der Waals surface area contributed by atoms with Gasteiger partial charge >= 0.3 is 0 Å². The smallest absolute Gasteiger partial charge is 0.277 e. The Hall–Kier alpha value is 0.260. The minimum absolute atomic E-state index is 1.09. The van der Waals surface area contributed by atoms with E-state index in [0.717, 1.165) is 26.2 Å². The van der Waals surface area contributed by atoms with Crippen LogP contribution in [0.3, 0.4) is 0 Å². The molecule has 0 fully saturated rings. The van der Waals surface area contributed by atoms with Gasteiger partial charge in [-0.05, 0) is 39.0 Å². The van der Waals surface area contributed by atoms with E-state index in [1.807, 2.05) is 0 Å². The van der Waals surface area contributed by atoms with Crippen LogP contribution in [0.15, 0.2) is 0 Å². The first-order valence-corrected chi connectivity index (χ1v) is 16.8. The maximum Gasteiger partial charge on any atom is 0.277 e. The number of rotatable bonds is 13. The normalized spacial score (nSPS) is 16.2. The second-order valence-electron chi connectivity index (χ2n) is 6.43. The van der Waals surface area contributed by atoms with Crippen LogP contribution in [0.2, 0.25) is 0 Å². The topological polar surface area (TPSA) is 242 Å². The molecule has 34 heavy (non-hydrogen) atoms. The van der Waals surface area contributed by atoms with Crippen LogP contribution in [0.1, 0.15) is 40.5 Å². The molecule has 6 N–H and O–H groups in total. The van der Waals surface area contributed by atoms with Gasteiger partial charge in [-0.25, -0.2) is 0 Å². The molecule has 0 radical (unpaired) electrons. The van der Waals surface area contributed by atoms with Gasteiger partial charge in [-0.15, -0.1) is 0 Å². The van der Waals surface area contributed by atoms with Crippen molar-refractivity contribution in [3.05, 3.63) is 0 Å². The van der Waals surface area contributed by atoms with Gasteiger partial charge in [-0.3, -0.25) is 18.2 Å². The predicted molar refractivity (Wildman–Crippen MR) is 137 cm³/mol. The Kier molecular flexibility index (Phi) is 20.2. The van der Waals surface area contributed by atoms with E-state index in [1.165, 1.54) is 0 Å². The fraction of sp³-hybridized carbons (Fsp3) is 1.00. The Labute approximate surface area is 213 Å². The molecule has 0 heterocycles. The highest BCUT2D eigenvalue weighted by atomic mass is 32.3. The molecule has 0 spiro atoms. The van der Waals surface area contributed by atoms with Gasteiger partial charge in [0.1, 0.15) is 19.7 Å². The molecule has 0 aliphatic rings. The van der Waals surface area contributed by atoms with E-state index < -0.39 is 73.0 Å². The third kappa shape index (κ3) is 19.4. The molecular weight excluding hydrogens is 581 g/mol. The average Bonchev–Trinajstić information content (AvgIpc) is 2.63. The van der Waals surface area contributed by atoms with Crippen molar-refractivity contribution in [3.63, 3.8) is 0 Å². The minimum atomic E-state index is -5.37. The highest BCUT2D eigenvalue weighted by molar-refractivity contribution is 8.02. The maximum atomic E-state index is 11.3. The Balaban J connectivity index is -0.000000799. The number of hydrogen-bond donors (Lipinski definition) is 8. The SMILES string of the molecule is CCNCC.CCNCC.O=S(=O)(O)C(S)CC(C(CC(S)S(=O)(=O)O)S(=O)(=O)O)S(=O)(=O)O. The summed E-state index contributed by atoms with van der Waals surface area (Å²) in [6.45, 7) is 12.8. The molecule has 210 valence electrons. The van der Waals surface area contributed by atoms with Crippen LogP contribution in [0.25, 0.3) is 0 Å². The quantitative estimate of drug-likeness (QED) is 0.0987. The minimum Gasteiger partial charge on any atom is -0.317 e. The van der Waals surface area contributed by atoms with Crippen LogP contribution in [0.5, 0.6) is 0 Å². The van der Waals surface area contributed by atoms with E-state index in [9.17, 15) is 33.7 Å². The van der Waals surface area contributed by atoms with Crippen LogP contribution in [-0.4, -0.2) is 97.7 Å². The highest BCUT2D eigenvalue weighted by Crippen LogP contribution is 2.27. The summed E-state index contributed by atoms with van der Waals surface area (Å²) in [6.07, 6.45) is -2.64. The van der Waals surface area contributed by atoms with Crippen molar-refractivity contribution in [2.24, 2.45) is 0 Å². The van der Waals surface area contributed by atoms with E-state index >= 15 is 0 Å². The van der Waals surface area contributed by atoms with Gasteiger partial charge < -0.3 is 10.6 Å². The standard InChI is InChI=1S/C6H14O12S6.2C4H11N/c7-21(8,9)3(1-5(19)23(13,14)15)4(22(10,11)12)2-6(20)24(16,17)18;2*1-3-5-4-2/h3-6,19-20H,1-2H2,(H,7,8,9)(H,10,11,12)(H,13,14,15)(H,16,17,18);2*5H,3-4H2,1-2H3. The zero-order valence-corrected chi connectivity index (χ0v) is 24.2. The summed E-state index contributed by atoms with van der Waals surface area (Å²) in [5.41, 5.74) is 0. The Bertz CT molecular complexity index is 883. The first-order valence-electron chi connectivity index (χ1n) is 9.73. The van der Waals surface area contributed by atoms with Gasteiger partial charge in [0.25, 0.3) is 40.5 Å². The Morgan fingerprint density at radius 1 is 0.529 bits per heavy atom. The first-order chi connectivity index (χ1) is 15.1. The molecular formula is C14H36N2O12S6. The lowest BCUT2D eigenvalue weighted by Crippen LogP contribution is -2.44. The monoisotopic (exact) mass is 616 g/mol. The van der Waals surface area contributed by atoms with E-state index in [1.54, 1.807) is 0 Å². The van der Waals surface area contributed by atoms with Crippen molar-refractivity contribution in [2.75, 3.05) is 26.2 Å². The fourth-order valence-corrected chi connectivity index (χ4v) is 6.66. The maximum absolute atomic E-state index is 11.3. The molecule has 0 amide bonds. The molecule has 4 unspecified atom stereocenters. The first kappa shape index (κ1) is 38.8. The van der Waals surface area contributed by atoms with Crippen molar-refractivity contribution in [3.8, 4) is 0 Å². The molecule has 20 heteroatoms. The van der Waals surface area contributed by atoms with Gasteiger partial charge in [0.05, 0.1) is 0 Å². The van der Waals surface area contributed by atoms with Crippen molar-refractivity contribution in [1.29, 1.82) is 0 Å². The lowest BCUT2D eigenvalue weighted by atomic mass is 10.2.